The summed E-state index contributed by atoms with van der Waals surface area (Å²) in [5.41, 5.74) is 0.988. The molecule has 2 nitrogen and oxygen atoms in total. The van der Waals surface area contributed by atoms with Gasteiger partial charge in [0.2, 0.25) is 0 Å². The van der Waals surface area contributed by atoms with Crippen molar-refractivity contribution in [2.24, 2.45) is 5.41 Å². The fourth-order valence-electron chi connectivity index (χ4n) is 1.93. The number of hydrogen-bond acceptors (Lipinski definition) is 1. The van der Waals surface area contributed by atoms with Gasteiger partial charge in [0.1, 0.15) is 0 Å². The van der Waals surface area contributed by atoms with E-state index < -0.39 is 5.97 Å². The van der Waals surface area contributed by atoms with Crippen LogP contribution in [0, 0.1) is 5.41 Å². The van der Waals surface area contributed by atoms with Crippen molar-refractivity contribution in [1.82, 2.24) is 0 Å². The quantitative estimate of drug-likeness (QED) is 0.464. The van der Waals surface area contributed by atoms with Gasteiger partial charge < -0.3 is 5.11 Å². The van der Waals surface area contributed by atoms with Crippen molar-refractivity contribution in [2.45, 2.75) is 72.6 Å². The molecule has 0 spiro atoms. The molecule has 0 amide bonds. The molecule has 1 N–H and O–H groups in total. The van der Waals surface area contributed by atoms with Crippen molar-refractivity contribution in [3.8, 4) is 0 Å². The van der Waals surface area contributed by atoms with Crippen molar-refractivity contribution in [3.05, 3.63) is 11.6 Å². The van der Waals surface area contributed by atoms with Crippen LogP contribution in [0.3, 0.4) is 0 Å². The van der Waals surface area contributed by atoms with Crippen LogP contribution < -0.4 is 0 Å². The van der Waals surface area contributed by atoms with Crippen molar-refractivity contribution in [1.29, 1.82) is 0 Å². The molecule has 0 aromatic rings. The largest absolute Gasteiger partial charge is 0.478 e. The summed E-state index contributed by atoms with van der Waals surface area (Å²) in [4.78, 5) is 10.6. The molecule has 0 aromatic carbocycles. The maximum atomic E-state index is 10.6. The van der Waals surface area contributed by atoms with Gasteiger partial charge in [-0.3, -0.25) is 0 Å². The van der Waals surface area contributed by atoms with Crippen molar-refractivity contribution in [3.63, 3.8) is 0 Å². The molecule has 0 aromatic heterocycles. The maximum absolute atomic E-state index is 10.6. The van der Waals surface area contributed by atoms with E-state index in [0.717, 1.165) is 12.0 Å². The summed E-state index contributed by atoms with van der Waals surface area (Å²) < 4.78 is 0. The Morgan fingerprint density at radius 1 is 1.12 bits per heavy atom. The SMILES string of the molecule is CCCCCCCCC(C)(C)/C(C)=C/C(=O)O. The van der Waals surface area contributed by atoms with Gasteiger partial charge in [0.05, 0.1) is 0 Å². The standard InChI is InChI=1S/C15H28O2/c1-5-6-7-8-9-10-11-15(3,4)13(2)12-14(16)17/h12H,5-11H2,1-4H3,(H,16,17)/b13-12+. The van der Waals surface area contributed by atoms with Crippen LogP contribution in [0.25, 0.3) is 0 Å². The van der Waals surface area contributed by atoms with Crippen LogP contribution in [0.1, 0.15) is 72.6 Å². The number of carboxylic acids is 1. The Morgan fingerprint density at radius 2 is 1.65 bits per heavy atom. The normalized spacial score (nSPS) is 12.8. The molecule has 0 fully saturated rings. The van der Waals surface area contributed by atoms with E-state index in [0.29, 0.717) is 0 Å². The Hall–Kier alpha value is -0.790. The van der Waals surface area contributed by atoms with Crippen molar-refractivity contribution < 1.29 is 9.90 Å². The lowest BCUT2D eigenvalue weighted by molar-refractivity contribution is -0.131. The third kappa shape index (κ3) is 8.00. The van der Waals surface area contributed by atoms with Gasteiger partial charge in [-0.2, -0.15) is 0 Å². The Balaban J connectivity index is 3.89. The fraction of sp³-hybridized carbons (Fsp3) is 0.800. The van der Waals surface area contributed by atoms with Gasteiger partial charge in [-0.25, -0.2) is 4.79 Å². The lowest BCUT2D eigenvalue weighted by Crippen LogP contribution is -2.14. The van der Waals surface area contributed by atoms with E-state index >= 15 is 0 Å². The Morgan fingerprint density at radius 3 is 2.18 bits per heavy atom. The molecule has 0 aliphatic heterocycles. The van der Waals surface area contributed by atoms with Gasteiger partial charge in [0.25, 0.3) is 0 Å². The van der Waals surface area contributed by atoms with Crippen LogP contribution in [0.2, 0.25) is 0 Å². The highest BCUT2D eigenvalue weighted by molar-refractivity contribution is 5.80. The first-order valence-electron chi connectivity index (χ1n) is 6.82. The molecule has 0 rings (SSSR count). The summed E-state index contributed by atoms with van der Waals surface area (Å²) in [7, 11) is 0. The van der Waals surface area contributed by atoms with Gasteiger partial charge in [0, 0.05) is 6.08 Å². The summed E-state index contributed by atoms with van der Waals surface area (Å²) in [5.74, 6) is -0.835. The molecule has 0 bridgehead atoms. The third-order valence-electron chi connectivity index (χ3n) is 3.56. The third-order valence-corrected chi connectivity index (χ3v) is 3.56. The van der Waals surface area contributed by atoms with Gasteiger partial charge in [0.15, 0.2) is 0 Å². The van der Waals surface area contributed by atoms with E-state index in [-0.39, 0.29) is 5.41 Å². The van der Waals surface area contributed by atoms with Crippen LogP contribution in [0.4, 0.5) is 0 Å². The molecular weight excluding hydrogens is 212 g/mol. The molecule has 0 saturated heterocycles. The van der Waals surface area contributed by atoms with Gasteiger partial charge in [-0.15, -0.1) is 0 Å². The van der Waals surface area contributed by atoms with Crippen LogP contribution >= 0.6 is 0 Å². The summed E-state index contributed by atoms with van der Waals surface area (Å²) in [6.45, 7) is 8.41. The van der Waals surface area contributed by atoms with Gasteiger partial charge in [-0.1, -0.05) is 64.9 Å². The molecule has 0 aliphatic rings. The molecular formula is C15H28O2. The van der Waals surface area contributed by atoms with Crippen LogP contribution in [0.15, 0.2) is 11.6 Å². The average Bonchev–Trinajstić information content (AvgIpc) is 2.22. The highest BCUT2D eigenvalue weighted by Crippen LogP contribution is 2.32. The molecule has 0 saturated carbocycles. The molecule has 2 heteroatoms. The number of carbonyl (C=O) groups is 1. The zero-order valence-electron chi connectivity index (χ0n) is 11.9. The topological polar surface area (TPSA) is 37.3 Å². The van der Waals surface area contributed by atoms with E-state index in [1.807, 2.05) is 6.92 Å². The van der Waals surface area contributed by atoms with Crippen LogP contribution in [-0.4, -0.2) is 11.1 Å². The first-order chi connectivity index (χ1) is 7.90. The summed E-state index contributed by atoms with van der Waals surface area (Å²) >= 11 is 0. The Bertz CT molecular complexity index is 252. The number of hydrogen-bond donors (Lipinski definition) is 1. The minimum absolute atomic E-state index is 0.0170. The molecule has 0 radical (unpaired) electrons. The number of allylic oxidation sites excluding steroid dienone is 1. The molecule has 17 heavy (non-hydrogen) atoms. The second-order valence-corrected chi connectivity index (χ2v) is 5.57. The minimum Gasteiger partial charge on any atom is -0.478 e. The molecule has 0 unspecified atom stereocenters. The van der Waals surface area contributed by atoms with E-state index in [9.17, 15) is 4.79 Å². The van der Waals surface area contributed by atoms with Crippen molar-refractivity contribution in [2.75, 3.05) is 0 Å². The second-order valence-electron chi connectivity index (χ2n) is 5.57. The monoisotopic (exact) mass is 240 g/mol. The Kier molecular flexibility index (Phi) is 7.94. The molecule has 100 valence electrons. The highest BCUT2D eigenvalue weighted by Gasteiger charge is 2.20. The van der Waals surface area contributed by atoms with Crippen LogP contribution in [0.5, 0.6) is 0 Å². The maximum Gasteiger partial charge on any atom is 0.328 e. The van der Waals surface area contributed by atoms with Gasteiger partial charge >= 0.3 is 5.97 Å². The number of unbranched alkanes of at least 4 members (excludes halogenated alkanes) is 5. The van der Waals surface area contributed by atoms with E-state index in [2.05, 4.69) is 20.8 Å². The summed E-state index contributed by atoms with van der Waals surface area (Å²) in [5, 5.41) is 8.74. The Labute approximate surface area is 106 Å². The zero-order chi connectivity index (χ0) is 13.3. The molecule has 0 atom stereocenters. The van der Waals surface area contributed by atoms with Crippen LogP contribution in [-0.2, 0) is 4.79 Å². The smallest absolute Gasteiger partial charge is 0.328 e. The highest BCUT2D eigenvalue weighted by atomic mass is 16.4. The number of rotatable bonds is 9. The van der Waals surface area contributed by atoms with Gasteiger partial charge in [-0.05, 0) is 18.8 Å². The van der Waals surface area contributed by atoms with Crippen molar-refractivity contribution >= 4 is 5.97 Å². The first-order valence-corrected chi connectivity index (χ1v) is 6.82. The number of aliphatic carboxylic acids is 1. The molecule has 0 aliphatic carbocycles. The average molecular weight is 240 g/mol. The van der Waals surface area contributed by atoms with E-state index in [1.54, 1.807) is 0 Å². The number of carboxylic acid groups (broad SMARTS) is 1. The summed E-state index contributed by atoms with van der Waals surface area (Å²) in [6, 6.07) is 0. The van der Waals surface area contributed by atoms with E-state index in [4.69, 9.17) is 5.11 Å². The fourth-order valence-corrected chi connectivity index (χ4v) is 1.93. The predicted molar refractivity (Wildman–Crippen MR) is 73.2 cm³/mol. The second kappa shape index (κ2) is 8.32. The zero-order valence-corrected chi connectivity index (χ0v) is 11.9. The predicted octanol–water partition coefficient (Wildman–Crippen LogP) is 4.79. The lowest BCUT2D eigenvalue weighted by Gasteiger charge is -2.25. The molecule has 0 heterocycles. The van der Waals surface area contributed by atoms with E-state index in [1.165, 1.54) is 44.6 Å². The minimum atomic E-state index is -0.835. The lowest BCUT2D eigenvalue weighted by atomic mass is 9.80. The summed E-state index contributed by atoms with van der Waals surface area (Å²) in [6.07, 6.45) is 10.1. The first kappa shape index (κ1) is 16.2.